The van der Waals surface area contributed by atoms with E-state index in [-0.39, 0.29) is 18.9 Å². The van der Waals surface area contributed by atoms with Crippen molar-refractivity contribution in [2.24, 2.45) is 0 Å². The molecule has 0 bridgehead atoms. The van der Waals surface area contributed by atoms with Crippen LogP contribution in [-0.4, -0.2) is 140 Å². The fourth-order valence-electron chi connectivity index (χ4n) is 9.51. The second-order valence-corrected chi connectivity index (χ2v) is 21.4. The van der Waals surface area contributed by atoms with Gasteiger partial charge in [-0.25, -0.2) is 0 Å². The summed E-state index contributed by atoms with van der Waals surface area (Å²) in [5.41, 5.74) is 0. The van der Waals surface area contributed by atoms with Crippen molar-refractivity contribution in [3.63, 3.8) is 0 Å². The topological polar surface area (TPSA) is 228 Å². The molecule has 1 amide bonds. The maximum Gasteiger partial charge on any atom is 0.220 e. The number of carbonyl (C=O) groups excluding carboxylic acids is 1. The fourth-order valence-corrected chi connectivity index (χ4v) is 9.51. The van der Waals surface area contributed by atoms with Crippen molar-refractivity contribution in [3.8, 4) is 0 Å². The average Bonchev–Trinajstić information content (AvgIpc) is 3.49. The molecule has 454 valence electrons. The lowest BCUT2D eigenvalue weighted by atomic mass is 9.97. The van der Waals surface area contributed by atoms with Crippen molar-refractivity contribution in [2.75, 3.05) is 19.8 Å². The van der Waals surface area contributed by atoms with Gasteiger partial charge in [0.25, 0.3) is 0 Å². The van der Waals surface area contributed by atoms with Gasteiger partial charge in [-0.05, 0) is 83.5 Å². The second kappa shape index (κ2) is 49.5. The summed E-state index contributed by atoms with van der Waals surface area (Å²) in [7, 11) is 0. The summed E-state index contributed by atoms with van der Waals surface area (Å²) in [6.07, 6.45) is 51.9. The lowest BCUT2D eigenvalue weighted by Crippen LogP contribution is -2.65. The molecule has 12 unspecified atom stereocenters. The zero-order valence-corrected chi connectivity index (χ0v) is 48.8. The maximum absolute atomic E-state index is 13.2. The zero-order valence-electron chi connectivity index (χ0n) is 48.8. The number of allylic oxidation sites excluding steroid dienone is 15. The Morgan fingerprint density at radius 2 is 0.886 bits per heavy atom. The third-order valence-electron chi connectivity index (χ3n) is 14.5. The minimum absolute atomic E-state index is 0.257. The summed E-state index contributed by atoms with van der Waals surface area (Å²) in [6.45, 7) is 2.59. The first-order valence-corrected chi connectivity index (χ1v) is 31.0. The molecule has 79 heavy (non-hydrogen) atoms. The predicted molar refractivity (Wildman–Crippen MR) is 318 cm³/mol. The Kier molecular flexibility index (Phi) is 45.1. The van der Waals surface area contributed by atoms with E-state index >= 15 is 0 Å². The lowest BCUT2D eigenvalue weighted by Gasteiger charge is -2.46. The summed E-state index contributed by atoms with van der Waals surface area (Å²) >= 11 is 0. The first-order valence-electron chi connectivity index (χ1n) is 31.0. The number of ether oxygens (including phenoxy) is 4. The number of amides is 1. The second-order valence-electron chi connectivity index (χ2n) is 21.4. The van der Waals surface area contributed by atoms with E-state index in [2.05, 4.69) is 104 Å². The number of unbranched alkanes of at least 4 members (excludes halogenated alkanes) is 21. The van der Waals surface area contributed by atoms with Crippen molar-refractivity contribution in [3.05, 3.63) is 97.2 Å². The van der Waals surface area contributed by atoms with Gasteiger partial charge >= 0.3 is 0 Å². The van der Waals surface area contributed by atoms with Crippen LogP contribution >= 0.6 is 0 Å². The van der Waals surface area contributed by atoms with Crippen LogP contribution in [0.5, 0.6) is 0 Å². The van der Waals surface area contributed by atoms with Gasteiger partial charge in [0.1, 0.15) is 48.8 Å². The standard InChI is InChI=1S/C65H111NO13/c1-3-5-7-9-11-13-15-17-18-19-20-21-22-23-24-25-26-27-28-29-30-31-32-33-34-35-36-37-39-41-43-45-47-49-57(70)66-53(54(69)48-46-44-42-40-38-16-14-12-10-8-6-4-2)52-76-64-62(75)60(73)63(56(51-68)78-64)79-65-61(74)59(72)58(71)55(50-67)77-65/h5,7,10-13,17-18,20-21,23-24,38,40,46,48,53-56,58-65,67-69,71-75H,3-4,6,8-9,14-16,19,22,25-37,39,41-45,47,49-52H2,1-2H3,(H,66,70)/b7-5-,12-10+,13-11-,18-17-,21-20-,24-23-,40-38+,48-46+. The van der Waals surface area contributed by atoms with Crippen molar-refractivity contribution >= 4 is 5.91 Å². The summed E-state index contributed by atoms with van der Waals surface area (Å²) < 4.78 is 22.7. The Morgan fingerprint density at radius 1 is 0.468 bits per heavy atom. The van der Waals surface area contributed by atoms with E-state index in [4.69, 9.17) is 18.9 Å². The minimum Gasteiger partial charge on any atom is -0.394 e. The zero-order chi connectivity index (χ0) is 57.4. The van der Waals surface area contributed by atoms with Gasteiger partial charge in [-0.3, -0.25) is 4.79 Å². The molecule has 9 N–H and O–H groups in total. The number of hydrogen-bond donors (Lipinski definition) is 9. The van der Waals surface area contributed by atoms with Gasteiger partial charge in [-0.2, -0.15) is 0 Å². The highest BCUT2D eigenvalue weighted by Crippen LogP contribution is 2.30. The molecule has 0 aromatic rings. The van der Waals surface area contributed by atoms with Crippen molar-refractivity contribution in [2.45, 2.75) is 286 Å². The third-order valence-corrected chi connectivity index (χ3v) is 14.5. The molecule has 14 nitrogen and oxygen atoms in total. The number of aliphatic hydroxyl groups excluding tert-OH is 8. The Bertz CT molecular complexity index is 1690. The van der Waals surface area contributed by atoms with Gasteiger partial charge in [0.05, 0.1) is 32.0 Å². The van der Waals surface area contributed by atoms with E-state index in [0.29, 0.717) is 12.8 Å². The normalized spacial score (nSPS) is 25.1. The van der Waals surface area contributed by atoms with Gasteiger partial charge in [0.2, 0.25) is 5.91 Å². The molecule has 2 saturated heterocycles. The van der Waals surface area contributed by atoms with Crippen molar-refractivity contribution in [1.82, 2.24) is 5.32 Å². The first kappa shape index (κ1) is 72.0. The molecule has 0 saturated carbocycles. The molecule has 0 aromatic carbocycles. The molecular weight excluding hydrogens is 1000 g/mol. The summed E-state index contributed by atoms with van der Waals surface area (Å²) in [5, 5.41) is 86.9. The number of aliphatic hydroxyl groups is 8. The molecule has 12 atom stereocenters. The summed E-state index contributed by atoms with van der Waals surface area (Å²) in [5.74, 6) is -0.257. The Labute approximate surface area is 477 Å². The average molecular weight is 1110 g/mol. The molecule has 0 aliphatic carbocycles. The van der Waals surface area contributed by atoms with E-state index in [1.807, 2.05) is 6.08 Å². The summed E-state index contributed by atoms with van der Waals surface area (Å²) in [4.78, 5) is 13.2. The minimum atomic E-state index is -1.79. The lowest BCUT2D eigenvalue weighted by molar-refractivity contribution is -0.359. The highest BCUT2D eigenvalue weighted by molar-refractivity contribution is 5.76. The fraction of sp³-hybridized carbons (Fsp3) is 0.738. The van der Waals surface area contributed by atoms with Gasteiger partial charge in [-0.15, -0.1) is 0 Å². The Morgan fingerprint density at radius 3 is 1.39 bits per heavy atom. The Balaban J connectivity index is 1.64. The highest BCUT2D eigenvalue weighted by atomic mass is 16.7. The maximum atomic E-state index is 13.2. The highest BCUT2D eigenvalue weighted by Gasteiger charge is 2.51. The van der Waals surface area contributed by atoms with Crippen LogP contribution in [0.1, 0.15) is 213 Å². The monoisotopic (exact) mass is 1110 g/mol. The largest absolute Gasteiger partial charge is 0.394 e. The third kappa shape index (κ3) is 34.8. The van der Waals surface area contributed by atoms with Crippen LogP contribution in [0.25, 0.3) is 0 Å². The molecule has 0 spiro atoms. The molecule has 14 heteroatoms. The van der Waals surface area contributed by atoms with Crippen LogP contribution in [0, 0.1) is 0 Å². The number of rotatable bonds is 48. The number of carbonyl (C=O) groups is 1. The SMILES string of the molecule is CC/C=C\C/C=C\C/C=C\C/C=C\C/C=C\CCCCCCCCCCCCCCCCCCCC(=O)NC(COC1OC(CO)C(OC2OC(CO)C(O)C(O)C2O)C(O)C1O)C(O)/C=C/CC/C=C/CC/C=C/CCCC. The van der Waals surface area contributed by atoms with E-state index in [0.717, 1.165) is 77.0 Å². The number of nitrogens with one attached hydrogen (secondary N) is 1. The van der Waals surface area contributed by atoms with Crippen LogP contribution in [0.4, 0.5) is 0 Å². The van der Waals surface area contributed by atoms with E-state index < -0.39 is 86.8 Å². The van der Waals surface area contributed by atoms with Crippen LogP contribution in [0.3, 0.4) is 0 Å². The molecule has 0 radical (unpaired) electrons. The van der Waals surface area contributed by atoms with Crippen LogP contribution < -0.4 is 5.32 Å². The van der Waals surface area contributed by atoms with Crippen molar-refractivity contribution < 1.29 is 64.6 Å². The van der Waals surface area contributed by atoms with Crippen LogP contribution in [0.15, 0.2) is 97.2 Å². The predicted octanol–water partition coefficient (Wildman–Crippen LogP) is 11.1. The smallest absolute Gasteiger partial charge is 0.220 e. The molecule has 2 heterocycles. The first-order chi connectivity index (χ1) is 38.6. The van der Waals surface area contributed by atoms with Gasteiger partial charge in [0.15, 0.2) is 12.6 Å². The summed E-state index contributed by atoms with van der Waals surface area (Å²) in [6, 6.07) is -0.941. The molecule has 2 rings (SSSR count). The molecular formula is C65H111NO13. The molecule has 2 aliphatic heterocycles. The number of hydrogen-bond acceptors (Lipinski definition) is 13. The quantitative estimate of drug-likeness (QED) is 0.0204. The molecule has 2 aliphatic rings. The van der Waals surface area contributed by atoms with E-state index in [1.165, 1.54) is 103 Å². The van der Waals surface area contributed by atoms with Gasteiger partial charge in [-0.1, -0.05) is 220 Å². The van der Waals surface area contributed by atoms with E-state index in [9.17, 15) is 45.6 Å². The van der Waals surface area contributed by atoms with Gasteiger partial charge < -0.3 is 65.1 Å². The Hall–Kier alpha value is -3.09. The van der Waals surface area contributed by atoms with Gasteiger partial charge in [0, 0.05) is 6.42 Å². The molecule has 2 fully saturated rings. The van der Waals surface area contributed by atoms with E-state index in [1.54, 1.807) is 6.08 Å². The van der Waals surface area contributed by atoms with Crippen LogP contribution in [0.2, 0.25) is 0 Å². The van der Waals surface area contributed by atoms with Crippen molar-refractivity contribution in [1.29, 1.82) is 0 Å². The van der Waals surface area contributed by atoms with Crippen LogP contribution in [-0.2, 0) is 23.7 Å². The molecule has 0 aromatic heterocycles.